The predicted molar refractivity (Wildman–Crippen MR) is 117 cm³/mol. The quantitative estimate of drug-likeness (QED) is 0.428. The van der Waals surface area contributed by atoms with Gasteiger partial charge in [-0.05, 0) is 55.0 Å². The highest BCUT2D eigenvalue weighted by Gasteiger charge is 2.25. The summed E-state index contributed by atoms with van der Waals surface area (Å²) in [5.41, 5.74) is 2.00. The van der Waals surface area contributed by atoms with Gasteiger partial charge < -0.3 is 15.0 Å². The Balaban J connectivity index is 1.42. The number of anilines is 3. The second-order valence-electron chi connectivity index (χ2n) is 7.05. The Bertz CT molecular complexity index is 1260. The summed E-state index contributed by atoms with van der Waals surface area (Å²) in [6, 6.07) is 12.6. The molecule has 32 heavy (non-hydrogen) atoms. The van der Waals surface area contributed by atoms with Crippen molar-refractivity contribution in [1.82, 2.24) is 9.97 Å². The van der Waals surface area contributed by atoms with Gasteiger partial charge in [-0.3, -0.25) is 4.79 Å². The zero-order valence-electron chi connectivity index (χ0n) is 17.0. The van der Waals surface area contributed by atoms with Gasteiger partial charge in [0.2, 0.25) is 11.9 Å². The number of hydrogen-bond acceptors (Lipinski definition) is 8. The van der Waals surface area contributed by atoms with Gasteiger partial charge in [0.15, 0.2) is 5.75 Å². The predicted octanol–water partition coefficient (Wildman–Crippen LogP) is 1.95. The number of hydrogen-bond donors (Lipinski definition) is 2. The number of carbonyl (C=O) groups is 2. The molecule has 0 radical (unpaired) electrons. The number of nitrogens with one attached hydrogen (secondary N) is 2. The van der Waals surface area contributed by atoms with Crippen molar-refractivity contribution in [3.63, 3.8) is 0 Å². The van der Waals surface area contributed by atoms with Crippen LogP contribution in [0.2, 0.25) is 0 Å². The molecule has 1 aliphatic rings. The standard InChI is InChI=1S/C21H19N5O5S/c1-14-3-8-17-18(11-14)31-20(28)13-26(17)12-19(27)24-15-4-6-16(7-5-15)32(29,30)25-21-22-9-2-10-23-21/h2-11H,12-13H2,1H3,(H,24,27)(H,22,23,25). The van der Waals surface area contributed by atoms with E-state index in [1.54, 1.807) is 23.1 Å². The molecule has 0 aliphatic carbocycles. The summed E-state index contributed by atoms with van der Waals surface area (Å²) in [4.78, 5) is 33.7. The maximum atomic E-state index is 12.5. The lowest BCUT2D eigenvalue weighted by Crippen LogP contribution is -2.41. The average molecular weight is 453 g/mol. The van der Waals surface area contributed by atoms with Crippen molar-refractivity contribution in [3.8, 4) is 5.75 Å². The Morgan fingerprint density at radius 2 is 1.84 bits per heavy atom. The van der Waals surface area contributed by atoms with Crippen LogP contribution in [-0.2, 0) is 19.6 Å². The smallest absolute Gasteiger partial charge is 0.331 e. The number of benzene rings is 2. The summed E-state index contributed by atoms with van der Waals surface area (Å²) in [7, 11) is -3.87. The summed E-state index contributed by atoms with van der Waals surface area (Å²) < 4.78 is 32.4. The molecule has 0 bridgehead atoms. The number of amides is 1. The molecule has 164 valence electrons. The van der Waals surface area contributed by atoms with E-state index in [-0.39, 0.29) is 29.8 Å². The maximum absolute atomic E-state index is 12.5. The highest BCUT2D eigenvalue weighted by Crippen LogP contribution is 2.32. The van der Waals surface area contributed by atoms with Crippen molar-refractivity contribution in [1.29, 1.82) is 0 Å². The zero-order valence-corrected chi connectivity index (χ0v) is 17.8. The van der Waals surface area contributed by atoms with E-state index in [0.29, 0.717) is 17.1 Å². The first-order chi connectivity index (χ1) is 15.3. The number of sulfonamides is 1. The van der Waals surface area contributed by atoms with E-state index in [9.17, 15) is 18.0 Å². The van der Waals surface area contributed by atoms with Crippen molar-refractivity contribution < 1.29 is 22.7 Å². The van der Waals surface area contributed by atoms with Crippen LogP contribution in [0.25, 0.3) is 0 Å². The normalized spacial score (nSPS) is 13.2. The van der Waals surface area contributed by atoms with E-state index in [4.69, 9.17) is 4.74 Å². The largest absolute Gasteiger partial charge is 0.423 e. The lowest BCUT2D eigenvalue weighted by molar-refractivity contribution is -0.133. The second-order valence-corrected chi connectivity index (χ2v) is 8.73. The molecule has 2 heterocycles. The first-order valence-corrected chi connectivity index (χ1v) is 11.0. The first kappa shape index (κ1) is 21.2. The van der Waals surface area contributed by atoms with Gasteiger partial charge in [0, 0.05) is 18.1 Å². The highest BCUT2D eigenvalue weighted by atomic mass is 32.2. The fourth-order valence-corrected chi connectivity index (χ4v) is 4.08. The van der Waals surface area contributed by atoms with Crippen molar-refractivity contribution in [3.05, 3.63) is 66.5 Å². The number of carbonyl (C=O) groups excluding carboxylic acids is 2. The molecule has 11 heteroatoms. The van der Waals surface area contributed by atoms with Crippen LogP contribution in [0.1, 0.15) is 5.56 Å². The van der Waals surface area contributed by atoms with Crippen LogP contribution in [0.5, 0.6) is 5.75 Å². The minimum atomic E-state index is -3.87. The lowest BCUT2D eigenvalue weighted by atomic mass is 10.1. The van der Waals surface area contributed by atoms with Crippen LogP contribution in [-0.4, -0.2) is 43.4 Å². The number of nitrogens with zero attached hydrogens (tertiary/aromatic N) is 3. The molecular formula is C21H19N5O5S. The van der Waals surface area contributed by atoms with Crippen LogP contribution in [0.3, 0.4) is 0 Å². The van der Waals surface area contributed by atoms with Crippen LogP contribution in [0, 0.1) is 6.92 Å². The monoisotopic (exact) mass is 453 g/mol. The molecule has 0 spiro atoms. The van der Waals surface area contributed by atoms with Gasteiger partial charge in [0.05, 0.1) is 17.1 Å². The Labute approximate surface area is 184 Å². The van der Waals surface area contributed by atoms with Gasteiger partial charge in [-0.1, -0.05) is 6.07 Å². The molecule has 0 atom stereocenters. The molecule has 3 aromatic rings. The summed E-state index contributed by atoms with van der Waals surface area (Å²) in [6.45, 7) is 1.76. The summed E-state index contributed by atoms with van der Waals surface area (Å²) in [5.74, 6) is -0.433. The first-order valence-electron chi connectivity index (χ1n) is 9.56. The van der Waals surface area contributed by atoms with Gasteiger partial charge in [-0.15, -0.1) is 0 Å². The maximum Gasteiger partial charge on any atom is 0.331 e. The minimum Gasteiger partial charge on any atom is -0.423 e. The third-order valence-corrected chi connectivity index (χ3v) is 5.92. The molecule has 10 nitrogen and oxygen atoms in total. The molecule has 2 N–H and O–H groups in total. The number of fused-ring (bicyclic) bond motifs is 1. The molecule has 1 aromatic heterocycles. The van der Waals surface area contributed by atoms with Gasteiger partial charge in [-0.25, -0.2) is 27.9 Å². The SMILES string of the molecule is Cc1ccc2c(c1)OC(=O)CN2CC(=O)Nc1ccc(S(=O)(=O)Nc2ncccn2)cc1. The van der Waals surface area contributed by atoms with Crippen LogP contribution >= 0.6 is 0 Å². The Morgan fingerprint density at radius 1 is 1.12 bits per heavy atom. The third-order valence-electron chi connectivity index (χ3n) is 4.57. The molecule has 0 saturated heterocycles. The van der Waals surface area contributed by atoms with Crippen molar-refractivity contribution in [2.24, 2.45) is 0 Å². The molecule has 0 fully saturated rings. The van der Waals surface area contributed by atoms with Gasteiger partial charge in [-0.2, -0.15) is 0 Å². The Kier molecular flexibility index (Phi) is 5.73. The second kappa shape index (κ2) is 8.63. The molecule has 1 aliphatic heterocycles. The highest BCUT2D eigenvalue weighted by molar-refractivity contribution is 7.92. The average Bonchev–Trinajstić information content (AvgIpc) is 2.74. The van der Waals surface area contributed by atoms with Crippen molar-refractivity contribution in [2.75, 3.05) is 28.0 Å². The van der Waals surface area contributed by atoms with Crippen molar-refractivity contribution in [2.45, 2.75) is 11.8 Å². The Morgan fingerprint density at radius 3 is 2.56 bits per heavy atom. The third kappa shape index (κ3) is 4.83. The summed E-state index contributed by atoms with van der Waals surface area (Å²) in [6.07, 6.45) is 2.84. The summed E-state index contributed by atoms with van der Waals surface area (Å²) >= 11 is 0. The molecule has 4 rings (SSSR count). The van der Waals surface area contributed by atoms with E-state index < -0.39 is 16.0 Å². The van der Waals surface area contributed by atoms with E-state index in [1.165, 1.54) is 36.7 Å². The minimum absolute atomic E-state index is 0.00831. The van der Waals surface area contributed by atoms with Crippen LogP contribution < -0.4 is 19.7 Å². The van der Waals surface area contributed by atoms with E-state index in [1.807, 2.05) is 13.0 Å². The topological polar surface area (TPSA) is 131 Å². The van der Waals surface area contributed by atoms with Crippen molar-refractivity contribution >= 4 is 39.2 Å². The number of aryl methyl sites for hydroxylation is 1. The zero-order chi connectivity index (χ0) is 22.7. The number of aromatic nitrogens is 2. The molecular weight excluding hydrogens is 434 g/mol. The number of esters is 1. The molecule has 1 amide bonds. The Hall–Kier alpha value is -3.99. The molecule has 0 saturated carbocycles. The number of ether oxygens (including phenoxy) is 1. The van der Waals surface area contributed by atoms with Crippen LogP contribution in [0.15, 0.2) is 65.8 Å². The van der Waals surface area contributed by atoms with Crippen LogP contribution in [0.4, 0.5) is 17.3 Å². The van der Waals surface area contributed by atoms with E-state index in [2.05, 4.69) is 20.0 Å². The van der Waals surface area contributed by atoms with Gasteiger partial charge >= 0.3 is 5.97 Å². The van der Waals surface area contributed by atoms with Gasteiger partial charge in [0.25, 0.3) is 10.0 Å². The lowest BCUT2D eigenvalue weighted by Gasteiger charge is -2.29. The fraction of sp³-hybridized carbons (Fsp3) is 0.143. The van der Waals surface area contributed by atoms with E-state index >= 15 is 0 Å². The fourth-order valence-electron chi connectivity index (χ4n) is 3.12. The van der Waals surface area contributed by atoms with E-state index in [0.717, 1.165) is 5.56 Å². The molecule has 0 unspecified atom stereocenters. The summed E-state index contributed by atoms with van der Waals surface area (Å²) in [5, 5.41) is 2.70. The van der Waals surface area contributed by atoms with Gasteiger partial charge in [0.1, 0.15) is 6.54 Å². The number of rotatable bonds is 6. The molecule has 2 aromatic carbocycles.